The van der Waals surface area contributed by atoms with Crippen molar-refractivity contribution in [1.29, 1.82) is 0 Å². The van der Waals surface area contributed by atoms with Crippen molar-refractivity contribution in [3.63, 3.8) is 0 Å². The first kappa shape index (κ1) is 9.90. The van der Waals surface area contributed by atoms with E-state index in [2.05, 4.69) is 17.1 Å². The van der Waals surface area contributed by atoms with Crippen molar-refractivity contribution in [2.75, 3.05) is 0 Å². The zero-order chi connectivity index (χ0) is 10.7. The van der Waals surface area contributed by atoms with Gasteiger partial charge in [0.25, 0.3) is 0 Å². The highest BCUT2D eigenvalue weighted by molar-refractivity contribution is 5.62. The van der Waals surface area contributed by atoms with Crippen molar-refractivity contribution in [3.8, 4) is 11.3 Å². The molecule has 0 saturated carbocycles. The van der Waals surface area contributed by atoms with Gasteiger partial charge in [-0.1, -0.05) is 25.5 Å². The molecule has 0 fully saturated rings. The number of nitrogens with zero attached hydrogens (tertiary/aromatic N) is 1. The highest BCUT2D eigenvalue weighted by Crippen LogP contribution is 2.22. The molecule has 1 aromatic carbocycles. The Bertz CT molecular complexity index is 448. The predicted octanol–water partition coefficient (Wildman–Crippen LogP) is 3.17. The van der Waals surface area contributed by atoms with E-state index in [1.807, 2.05) is 12.3 Å². The summed E-state index contributed by atoms with van der Waals surface area (Å²) in [7, 11) is 0. The number of H-pyrrole nitrogens is 1. The van der Waals surface area contributed by atoms with Gasteiger partial charge in [-0.3, -0.25) is 5.10 Å². The number of aryl methyl sites for hydroxylation is 1. The van der Waals surface area contributed by atoms with Crippen LogP contribution < -0.4 is 0 Å². The van der Waals surface area contributed by atoms with Crippen LogP contribution in [-0.2, 0) is 6.42 Å². The van der Waals surface area contributed by atoms with E-state index in [1.165, 1.54) is 12.1 Å². The van der Waals surface area contributed by atoms with Gasteiger partial charge in [0.15, 0.2) is 0 Å². The van der Waals surface area contributed by atoms with Gasteiger partial charge in [-0.05, 0) is 24.1 Å². The summed E-state index contributed by atoms with van der Waals surface area (Å²) in [5.74, 6) is -0.224. The van der Waals surface area contributed by atoms with E-state index in [0.29, 0.717) is 0 Å². The van der Waals surface area contributed by atoms with Gasteiger partial charge in [0.05, 0.1) is 5.69 Å². The summed E-state index contributed by atoms with van der Waals surface area (Å²) in [5, 5.41) is 6.98. The van der Waals surface area contributed by atoms with E-state index < -0.39 is 0 Å². The van der Waals surface area contributed by atoms with Gasteiger partial charge in [-0.25, -0.2) is 4.39 Å². The third-order valence-electron chi connectivity index (χ3n) is 2.34. The molecule has 1 heterocycles. The lowest BCUT2D eigenvalue weighted by Gasteiger charge is -2.00. The maximum absolute atomic E-state index is 13.0. The van der Waals surface area contributed by atoms with E-state index in [4.69, 9.17) is 0 Å². The fourth-order valence-electron chi connectivity index (χ4n) is 1.66. The molecule has 2 nitrogen and oxygen atoms in total. The van der Waals surface area contributed by atoms with E-state index in [1.54, 1.807) is 6.07 Å². The topological polar surface area (TPSA) is 28.7 Å². The summed E-state index contributed by atoms with van der Waals surface area (Å²) in [5.41, 5.74) is 2.83. The van der Waals surface area contributed by atoms with Crippen LogP contribution in [0.2, 0.25) is 0 Å². The summed E-state index contributed by atoms with van der Waals surface area (Å²) < 4.78 is 13.0. The molecule has 2 aromatic rings. The number of benzene rings is 1. The average molecular weight is 204 g/mol. The first-order valence-electron chi connectivity index (χ1n) is 5.10. The zero-order valence-corrected chi connectivity index (χ0v) is 8.63. The van der Waals surface area contributed by atoms with E-state index >= 15 is 0 Å². The standard InChI is InChI=1S/C12H13FN2/c1-2-4-10-8-14-15-12(10)9-5-3-6-11(13)7-9/h3,5-8H,2,4H2,1H3,(H,14,15). The molecule has 15 heavy (non-hydrogen) atoms. The smallest absolute Gasteiger partial charge is 0.123 e. The molecule has 78 valence electrons. The molecular weight excluding hydrogens is 191 g/mol. The monoisotopic (exact) mass is 204 g/mol. The van der Waals surface area contributed by atoms with E-state index in [-0.39, 0.29) is 5.82 Å². The third kappa shape index (κ3) is 2.06. The lowest BCUT2D eigenvalue weighted by molar-refractivity contribution is 0.628. The van der Waals surface area contributed by atoms with Crippen molar-refractivity contribution in [2.45, 2.75) is 19.8 Å². The first-order chi connectivity index (χ1) is 7.31. The molecule has 0 atom stereocenters. The molecule has 0 spiro atoms. The number of nitrogens with one attached hydrogen (secondary N) is 1. The van der Waals surface area contributed by atoms with Crippen molar-refractivity contribution in [1.82, 2.24) is 10.2 Å². The van der Waals surface area contributed by atoms with Crippen LogP contribution in [0.1, 0.15) is 18.9 Å². The number of aromatic amines is 1. The Morgan fingerprint density at radius 2 is 2.27 bits per heavy atom. The zero-order valence-electron chi connectivity index (χ0n) is 8.63. The van der Waals surface area contributed by atoms with Crippen molar-refractivity contribution >= 4 is 0 Å². The SMILES string of the molecule is CCCc1c[nH]nc1-c1cccc(F)c1. The van der Waals surface area contributed by atoms with Crippen molar-refractivity contribution < 1.29 is 4.39 Å². The molecule has 0 amide bonds. The van der Waals surface area contributed by atoms with Gasteiger partial charge in [0.1, 0.15) is 5.82 Å². The van der Waals surface area contributed by atoms with Crippen LogP contribution in [0.5, 0.6) is 0 Å². The van der Waals surface area contributed by atoms with Gasteiger partial charge >= 0.3 is 0 Å². The van der Waals surface area contributed by atoms with Gasteiger partial charge in [-0.2, -0.15) is 5.10 Å². The largest absolute Gasteiger partial charge is 0.285 e. The van der Waals surface area contributed by atoms with Crippen LogP contribution in [0.3, 0.4) is 0 Å². The molecule has 1 N–H and O–H groups in total. The van der Waals surface area contributed by atoms with E-state index in [9.17, 15) is 4.39 Å². The molecule has 0 aliphatic carbocycles. The maximum atomic E-state index is 13.0. The Kier molecular flexibility index (Phi) is 2.81. The summed E-state index contributed by atoms with van der Waals surface area (Å²) >= 11 is 0. The second-order valence-corrected chi connectivity index (χ2v) is 3.52. The number of hydrogen-bond donors (Lipinski definition) is 1. The molecule has 0 saturated heterocycles. The first-order valence-corrected chi connectivity index (χ1v) is 5.10. The number of aromatic nitrogens is 2. The van der Waals surface area contributed by atoms with Crippen LogP contribution in [0.15, 0.2) is 30.5 Å². The third-order valence-corrected chi connectivity index (χ3v) is 2.34. The predicted molar refractivity (Wildman–Crippen MR) is 58.0 cm³/mol. The van der Waals surface area contributed by atoms with Gasteiger partial charge in [0, 0.05) is 11.8 Å². The average Bonchev–Trinajstić information content (AvgIpc) is 2.66. The molecule has 0 unspecified atom stereocenters. The maximum Gasteiger partial charge on any atom is 0.123 e. The highest BCUT2D eigenvalue weighted by atomic mass is 19.1. The molecule has 2 rings (SSSR count). The molecule has 3 heteroatoms. The fourth-order valence-corrected chi connectivity index (χ4v) is 1.66. The van der Waals surface area contributed by atoms with Crippen LogP contribution in [-0.4, -0.2) is 10.2 Å². The van der Waals surface area contributed by atoms with Crippen LogP contribution in [0, 0.1) is 5.82 Å². The summed E-state index contributed by atoms with van der Waals surface area (Å²) in [6, 6.07) is 6.53. The highest BCUT2D eigenvalue weighted by Gasteiger charge is 2.07. The Hall–Kier alpha value is -1.64. The Morgan fingerprint density at radius 1 is 1.40 bits per heavy atom. The van der Waals surface area contributed by atoms with Gasteiger partial charge in [0.2, 0.25) is 0 Å². The summed E-state index contributed by atoms with van der Waals surface area (Å²) in [6.07, 6.45) is 3.90. The minimum atomic E-state index is -0.224. The molecule has 0 radical (unpaired) electrons. The van der Waals surface area contributed by atoms with E-state index in [0.717, 1.165) is 29.7 Å². The van der Waals surface area contributed by atoms with Crippen LogP contribution in [0.4, 0.5) is 4.39 Å². The van der Waals surface area contributed by atoms with Gasteiger partial charge < -0.3 is 0 Å². The number of rotatable bonds is 3. The molecule has 0 bridgehead atoms. The molecule has 0 aliphatic heterocycles. The second-order valence-electron chi connectivity index (χ2n) is 3.52. The fraction of sp³-hybridized carbons (Fsp3) is 0.250. The Balaban J connectivity index is 2.40. The minimum Gasteiger partial charge on any atom is -0.285 e. The second kappa shape index (κ2) is 4.26. The lowest BCUT2D eigenvalue weighted by Crippen LogP contribution is -1.87. The summed E-state index contributed by atoms with van der Waals surface area (Å²) in [6.45, 7) is 2.11. The normalized spacial score (nSPS) is 10.5. The van der Waals surface area contributed by atoms with Crippen molar-refractivity contribution in [3.05, 3.63) is 41.8 Å². The van der Waals surface area contributed by atoms with Crippen LogP contribution in [0.25, 0.3) is 11.3 Å². The lowest BCUT2D eigenvalue weighted by atomic mass is 10.1. The quantitative estimate of drug-likeness (QED) is 0.817. The van der Waals surface area contributed by atoms with Crippen molar-refractivity contribution in [2.24, 2.45) is 0 Å². The Morgan fingerprint density at radius 3 is 3.00 bits per heavy atom. The van der Waals surface area contributed by atoms with Crippen LogP contribution >= 0.6 is 0 Å². The number of hydrogen-bond acceptors (Lipinski definition) is 1. The summed E-state index contributed by atoms with van der Waals surface area (Å²) in [4.78, 5) is 0. The molecule has 1 aromatic heterocycles. The minimum absolute atomic E-state index is 0.224. The molecule has 0 aliphatic rings. The number of halogens is 1. The Labute approximate surface area is 88.1 Å². The molecular formula is C12H13FN2. The van der Waals surface area contributed by atoms with Gasteiger partial charge in [-0.15, -0.1) is 0 Å².